The number of carbonyl (C=O) groups is 3. The van der Waals surface area contributed by atoms with Crippen LogP contribution < -0.4 is 10.6 Å². The second-order valence-corrected chi connectivity index (χ2v) is 8.72. The molecular weight excluding hydrogens is 436 g/mol. The minimum absolute atomic E-state index is 0.0780. The molecule has 0 spiro atoms. The molecule has 1 aromatic heterocycles. The lowest BCUT2D eigenvalue weighted by atomic mass is 9.98. The maximum absolute atomic E-state index is 12.5. The number of alkyl carbamates (subject to hydrolysis) is 1. The van der Waals surface area contributed by atoms with Crippen LogP contribution in [-0.4, -0.2) is 45.5 Å². The zero-order valence-corrected chi connectivity index (χ0v) is 19.1. The number of carbonyl (C=O) groups excluding carboxylic acids is 2. The summed E-state index contributed by atoms with van der Waals surface area (Å²) in [7, 11) is 0. The molecule has 0 bridgehead atoms. The van der Waals surface area contributed by atoms with Crippen LogP contribution in [0.5, 0.6) is 0 Å². The third-order valence-corrected chi connectivity index (χ3v) is 6.02. The van der Waals surface area contributed by atoms with Gasteiger partial charge in [-0.15, -0.1) is 0 Å². The van der Waals surface area contributed by atoms with E-state index in [2.05, 4.69) is 27.9 Å². The fourth-order valence-corrected chi connectivity index (χ4v) is 3.92. The molecule has 1 aliphatic rings. The number of anilines is 1. The average Bonchev–Trinajstić information content (AvgIpc) is 3.41. The zero-order valence-electron chi connectivity index (χ0n) is 19.1. The zero-order chi connectivity index (χ0) is 24.5. The van der Waals surface area contributed by atoms with Gasteiger partial charge in [-0.25, -0.2) is 9.59 Å². The lowest BCUT2D eigenvalue weighted by molar-refractivity contribution is -0.146. The lowest BCUT2D eigenvalue weighted by Crippen LogP contribution is -2.42. The van der Waals surface area contributed by atoms with E-state index in [1.54, 1.807) is 0 Å². The Morgan fingerprint density at radius 2 is 1.68 bits per heavy atom. The van der Waals surface area contributed by atoms with Crippen molar-refractivity contribution in [1.82, 2.24) is 15.1 Å². The molecule has 0 unspecified atom stereocenters. The van der Waals surface area contributed by atoms with E-state index >= 15 is 0 Å². The van der Waals surface area contributed by atoms with E-state index in [9.17, 15) is 19.5 Å². The molecule has 1 aliphatic carbocycles. The summed E-state index contributed by atoms with van der Waals surface area (Å²) in [6.45, 7) is 4.66. The second kappa shape index (κ2) is 9.01. The number of fused-ring (bicyclic) bond motifs is 3. The summed E-state index contributed by atoms with van der Waals surface area (Å²) in [6.07, 6.45) is 2.07. The highest BCUT2D eigenvalue weighted by Gasteiger charge is 2.31. The van der Waals surface area contributed by atoms with Gasteiger partial charge in [0, 0.05) is 12.1 Å². The topological polar surface area (TPSA) is 123 Å². The smallest absolute Gasteiger partial charge is 0.407 e. The largest absolute Gasteiger partial charge is 0.479 e. The Kier molecular flexibility index (Phi) is 6.10. The minimum atomic E-state index is -1.27. The van der Waals surface area contributed by atoms with Crippen LogP contribution in [0.15, 0.2) is 60.9 Å². The molecule has 0 fully saturated rings. The molecule has 176 valence electrons. The van der Waals surface area contributed by atoms with Gasteiger partial charge in [0.15, 0.2) is 5.54 Å². The number of aliphatic carboxylic acids is 1. The maximum atomic E-state index is 12.5. The van der Waals surface area contributed by atoms with Crippen molar-refractivity contribution in [3.8, 4) is 11.1 Å². The Morgan fingerprint density at radius 1 is 1.09 bits per heavy atom. The number of carboxylic acids is 1. The number of amides is 2. The molecule has 2 aromatic carbocycles. The lowest BCUT2D eigenvalue weighted by Gasteiger charge is -2.19. The highest BCUT2D eigenvalue weighted by atomic mass is 16.5. The second-order valence-electron chi connectivity index (χ2n) is 8.72. The van der Waals surface area contributed by atoms with E-state index in [1.807, 2.05) is 36.4 Å². The highest BCUT2D eigenvalue weighted by Crippen LogP contribution is 2.44. The number of benzene rings is 2. The molecule has 9 nitrogen and oxygen atoms in total. The van der Waals surface area contributed by atoms with Crippen LogP contribution >= 0.6 is 0 Å². The average molecular weight is 463 g/mol. The summed E-state index contributed by atoms with van der Waals surface area (Å²) in [4.78, 5) is 36.3. The van der Waals surface area contributed by atoms with Crippen molar-refractivity contribution in [2.45, 2.75) is 38.3 Å². The highest BCUT2D eigenvalue weighted by molar-refractivity contribution is 5.96. The van der Waals surface area contributed by atoms with E-state index in [0.717, 1.165) is 22.3 Å². The summed E-state index contributed by atoms with van der Waals surface area (Å²) in [5, 5.41) is 18.5. The van der Waals surface area contributed by atoms with Crippen LogP contribution in [0, 0.1) is 0 Å². The van der Waals surface area contributed by atoms with Crippen molar-refractivity contribution in [2.24, 2.45) is 0 Å². The summed E-state index contributed by atoms with van der Waals surface area (Å²) in [5.41, 5.74) is 3.51. The van der Waals surface area contributed by atoms with E-state index in [0.29, 0.717) is 5.69 Å². The predicted molar refractivity (Wildman–Crippen MR) is 125 cm³/mol. The number of carboxylic acid groups (broad SMARTS) is 1. The third kappa shape index (κ3) is 4.36. The Balaban J connectivity index is 1.34. The minimum Gasteiger partial charge on any atom is -0.479 e. The number of ether oxygens (including phenoxy) is 1. The van der Waals surface area contributed by atoms with Crippen LogP contribution in [-0.2, 0) is 19.9 Å². The van der Waals surface area contributed by atoms with Gasteiger partial charge in [0.25, 0.3) is 0 Å². The first-order valence-electron chi connectivity index (χ1n) is 10.9. The molecule has 3 N–H and O–H groups in total. The standard InChI is InChI=1S/C25H26N4O5/c1-15(22(30)28-16-12-26-29(13-16)25(2,3)23(31)32)27-24(33)34-14-21-19-10-6-4-8-17(19)18-9-5-7-11-20(18)21/h4-13,15,21H,14H2,1-3H3,(H,27,33)(H,28,30)(H,31,32)/t15-/m1/s1. The summed E-state index contributed by atoms with van der Waals surface area (Å²) in [5.74, 6) is -1.62. The monoisotopic (exact) mass is 462 g/mol. The van der Waals surface area contributed by atoms with E-state index in [-0.39, 0.29) is 12.5 Å². The van der Waals surface area contributed by atoms with Crippen LogP contribution in [0.2, 0.25) is 0 Å². The molecule has 34 heavy (non-hydrogen) atoms. The van der Waals surface area contributed by atoms with Gasteiger partial charge in [-0.1, -0.05) is 48.5 Å². The van der Waals surface area contributed by atoms with Gasteiger partial charge < -0.3 is 20.5 Å². The predicted octanol–water partition coefficient (Wildman–Crippen LogP) is 3.57. The van der Waals surface area contributed by atoms with E-state index in [4.69, 9.17) is 4.74 Å². The van der Waals surface area contributed by atoms with Crippen molar-refractivity contribution < 1.29 is 24.2 Å². The van der Waals surface area contributed by atoms with Crippen LogP contribution in [0.25, 0.3) is 11.1 Å². The molecule has 3 aromatic rings. The van der Waals surface area contributed by atoms with Crippen molar-refractivity contribution in [1.29, 1.82) is 0 Å². The Bertz CT molecular complexity index is 1200. The van der Waals surface area contributed by atoms with Gasteiger partial charge in [-0.3, -0.25) is 9.48 Å². The van der Waals surface area contributed by atoms with E-state index in [1.165, 1.54) is 37.8 Å². The third-order valence-electron chi connectivity index (χ3n) is 6.02. The molecule has 0 radical (unpaired) electrons. The number of aromatic nitrogens is 2. The molecule has 0 saturated heterocycles. The fourth-order valence-electron chi connectivity index (χ4n) is 3.92. The number of rotatable bonds is 7. The number of nitrogens with zero attached hydrogens (tertiary/aromatic N) is 2. The van der Waals surface area contributed by atoms with Crippen molar-refractivity contribution in [2.75, 3.05) is 11.9 Å². The molecular formula is C25H26N4O5. The Labute approximate surface area is 196 Å². The number of hydrogen-bond donors (Lipinski definition) is 3. The van der Waals surface area contributed by atoms with Crippen molar-refractivity contribution in [3.05, 3.63) is 72.1 Å². The van der Waals surface area contributed by atoms with Gasteiger partial charge in [0.1, 0.15) is 12.6 Å². The first kappa shape index (κ1) is 23.0. The van der Waals surface area contributed by atoms with E-state index < -0.39 is 29.6 Å². The summed E-state index contributed by atoms with van der Waals surface area (Å²) >= 11 is 0. The van der Waals surface area contributed by atoms with Crippen LogP contribution in [0.3, 0.4) is 0 Å². The molecule has 1 atom stereocenters. The summed E-state index contributed by atoms with van der Waals surface area (Å²) < 4.78 is 6.72. The van der Waals surface area contributed by atoms with Crippen LogP contribution in [0.4, 0.5) is 10.5 Å². The van der Waals surface area contributed by atoms with Gasteiger partial charge in [-0.2, -0.15) is 5.10 Å². The van der Waals surface area contributed by atoms with Gasteiger partial charge in [-0.05, 0) is 43.0 Å². The molecule has 1 heterocycles. The first-order valence-corrected chi connectivity index (χ1v) is 10.9. The molecule has 9 heteroatoms. The van der Waals surface area contributed by atoms with Gasteiger partial charge in [0.05, 0.1) is 11.9 Å². The normalized spacial score (nSPS) is 13.5. The van der Waals surface area contributed by atoms with Gasteiger partial charge >= 0.3 is 12.1 Å². The first-order chi connectivity index (χ1) is 16.2. The molecule has 4 rings (SSSR count). The molecule has 2 amide bonds. The SMILES string of the molecule is C[C@@H](NC(=O)OCC1c2ccccc2-c2ccccc21)C(=O)Nc1cnn(C(C)(C)C(=O)O)c1. The van der Waals surface area contributed by atoms with Crippen molar-refractivity contribution in [3.63, 3.8) is 0 Å². The van der Waals surface area contributed by atoms with Crippen LogP contribution in [0.1, 0.15) is 37.8 Å². The molecule has 0 saturated carbocycles. The molecule has 0 aliphatic heterocycles. The number of hydrogen-bond acceptors (Lipinski definition) is 5. The van der Waals surface area contributed by atoms with Gasteiger partial charge in [0.2, 0.25) is 5.91 Å². The summed E-state index contributed by atoms with van der Waals surface area (Å²) in [6, 6.07) is 15.2. The quantitative estimate of drug-likeness (QED) is 0.493. The fraction of sp³-hybridized carbons (Fsp3) is 0.280. The number of nitrogens with one attached hydrogen (secondary N) is 2. The van der Waals surface area contributed by atoms with Crippen molar-refractivity contribution >= 4 is 23.7 Å². The maximum Gasteiger partial charge on any atom is 0.407 e. The Hall–Kier alpha value is -4.14. The Morgan fingerprint density at radius 3 is 2.26 bits per heavy atom.